The lowest BCUT2D eigenvalue weighted by atomic mass is 10.0. The molecule has 0 aromatic carbocycles. The Morgan fingerprint density at radius 1 is 1.62 bits per heavy atom. The van der Waals surface area contributed by atoms with E-state index in [1.165, 1.54) is 0 Å². The SMILES string of the molecule is CSC(C)(C)C(=O)C1=CCCCO1. The molecule has 0 aromatic rings. The molecule has 2 nitrogen and oxygen atoms in total. The molecule has 0 amide bonds. The standard InChI is InChI=1S/C10H16O2S/c1-10(2,13-3)9(11)8-6-4-5-7-12-8/h6H,4-5,7H2,1-3H3. The monoisotopic (exact) mass is 200 g/mol. The molecule has 74 valence electrons. The van der Waals surface area contributed by atoms with Gasteiger partial charge in [-0.05, 0) is 39.0 Å². The Kier molecular flexibility index (Phi) is 3.42. The Morgan fingerprint density at radius 2 is 2.31 bits per heavy atom. The summed E-state index contributed by atoms with van der Waals surface area (Å²) in [5.74, 6) is 0.672. The molecule has 1 rings (SSSR count). The van der Waals surface area contributed by atoms with Gasteiger partial charge >= 0.3 is 0 Å². The number of thioether (sulfide) groups is 1. The Morgan fingerprint density at radius 3 is 2.77 bits per heavy atom. The van der Waals surface area contributed by atoms with E-state index >= 15 is 0 Å². The minimum atomic E-state index is -0.358. The van der Waals surface area contributed by atoms with E-state index in [1.807, 2.05) is 26.2 Å². The van der Waals surface area contributed by atoms with E-state index in [0.29, 0.717) is 12.4 Å². The molecule has 13 heavy (non-hydrogen) atoms. The summed E-state index contributed by atoms with van der Waals surface area (Å²) in [5.41, 5.74) is 0. The molecule has 0 saturated carbocycles. The first-order chi connectivity index (χ1) is 6.08. The molecule has 0 fully saturated rings. The van der Waals surface area contributed by atoms with Crippen LogP contribution in [0.25, 0.3) is 0 Å². The van der Waals surface area contributed by atoms with Crippen LogP contribution in [0.3, 0.4) is 0 Å². The van der Waals surface area contributed by atoms with Crippen molar-refractivity contribution in [3.05, 3.63) is 11.8 Å². The molecule has 0 atom stereocenters. The topological polar surface area (TPSA) is 26.3 Å². The fourth-order valence-corrected chi connectivity index (χ4v) is 1.39. The number of rotatable bonds is 3. The van der Waals surface area contributed by atoms with Crippen LogP contribution in [0, 0.1) is 0 Å². The predicted molar refractivity (Wildman–Crippen MR) is 55.9 cm³/mol. The summed E-state index contributed by atoms with van der Waals surface area (Å²) in [4.78, 5) is 11.8. The van der Waals surface area contributed by atoms with Gasteiger partial charge < -0.3 is 4.74 Å². The van der Waals surface area contributed by atoms with E-state index in [0.717, 1.165) is 12.8 Å². The third-order valence-corrected chi connectivity index (χ3v) is 3.42. The van der Waals surface area contributed by atoms with Gasteiger partial charge in [-0.1, -0.05) is 0 Å². The summed E-state index contributed by atoms with van der Waals surface area (Å²) >= 11 is 1.56. The second-order valence-corrected chi connectivity index (χ2v) is 5.03. The van der Waals surface area contributed by atoms with Gasteiger partial charge in [-0.3, -0.25) is 4.79 Å². The minimum Gasteiger partial charge on any atom is -0.490 e. The van der Waals surface area contributed by atoms with Crippen LogP contribution in [0.4, 0.5) is 0 Å². The number of ether oxygens (including phenoxy) is 1. The summed E-state index contributed by atoms with van der Waals surface area (Å²) in [7, 11) is 0. The minimum absolute atomic E-state index is 0.111. The Balaban J connectivity index is 2.71. The summed E-state index contributed by atoms with van der Waals surface area (Å²) < 4.78 is 4.97. The fraction of sp³-hybridized carbons (Fsp3) is 0.700. The average Bonchev–Trinajstić information content (AvgIpc) is 2.18. The average molecular weight is 200 g/mol. The maximum absolute atomic E-state index is 11.8. The van der Waals surface area contributed by atoms with Crippen molar-refractivity contribution in [2.24, 2.45) is 0 Å². The van der Waals surface area contributed by atoms with Gasteiger partial charge in [0.1, 0.15) is 0 Å². The first kappa shape index (κ1) is 10.6. The second-order valence-electron chi connectivity index (χ2n) is 3.60. The lowest BCUT2D eigenvalue weighted by molar-refractivity contribution is -0.120. The number of hydrogen-bond acceptors (Lipinski definition) is 3. The first-order valence-corrected chi connectivity index (χ1v) is 5.73. The van der Waals surface area contributed by atoms with Gasteiger partial charge in [0.25, 0.3) is 0 Å². The molecule has 0 spiro atoms. The Labute approximate surface area is 83.7 Å². The predicted octanol–water partition coefficient (Wildman–Crippen LogP) is 2.39. The summed E-state index contributed by atoms with van der Waals surface area (Å²) in [6, 6.07) is 0. The van der Waals surface area contributed by atoms with Crippen LogP contribution in [-0.4, -0.2) is 23.4 Å². The number of Topliss-reactive ketones (excluding diaryl/α,β-unsaturated/α-hetero) is 1. The van der Waals surface area contributed by atoms with Crippen molar-refractivity contribution < 1.29 is 9.53 Å². The lowest BCUT2D eigenvalue weighted by Gasteiger charge is -2.23. The van der Waals surface area contributed by atoms with Crippen LogP contribution < -0.4 is 0 Å². The lowest BCUT2D eigenvalue weighted by Crippen LogP contribution is -2.30. The molecule has 0 radical (unpaired) electrons. The van der Waals surface area contributed by atoms with Crippen LogP contribution >= 0.6 is 11.8 Å². The van der Waals surface area contributed by atoms with Crippen LogP contribution in [-0.2, 0) is 9.53 Å². The van der Waals surface area contributed by atoms with Crippen molar-refractivity contribution in [1.29, 1.82) is 0 Å². The van der Waals surface area contributed by atoms with Gasteiger partial charge in [-0.2, -0.15) is 11.8 Å². The van der Waals surface area contributed by atoms with Gasteiger partial charge in [0.15, 0.2) is 5.76 Å². The normalized spacial score (nSPS) is 17.6. The highest BCUT2D eigenvalue weighted by Crippen LogP contribution is 2.27. The van der Waals surface area contributed by atoms with Crippen LogP contribution in [0.5, 0.6) is 0 Å². The Bertz CT molecular complexity index is 231. The van der Waals surface area contributed by atoms with E-state index in [-0.39, 0.29) is 10.5 Å². The van der Waals surface area contributed by atoms with Gasteiger partial charge in [-0.15, -0.1) is 0 Å². The largest absolute Gasteiger partial charge is 0.490 e. The number of hydrogen-bond donors (Lipinski definition) is 0. The molecule has 0 saturated heterocycles. The maximum Gasteiger partial charge on any atom is 0.212 e. The van der Waals surface area contributed by atoms with Crippen molar-refractivity contribution in [3.63, 3.8) is 0 Å². The van der Waals surface area contributed by atoms with Crippen LogP contribution in [0.15, 0.2) is 11.8 Å². The highest BCUT2D eigenvalue weighted by atomic mass is 32.2. The van der Waals surface area contributed by atoms with Crippen molar-refractivity contribution in [3.8, 4) is 0 Å². The molecule has 0 aromatic heterocycles. The smallest absolute Gasteiger partial charge is 0.212 e. The molecule has 1 aliphatic rings. The second kappa shape index (κ2) is 4.18. The molecule has 0 N–H and O–H groups in total. The van der Waals surface area contributed by atoms with Gasteiger partial charge in [0, 0.05) is 0 Å². The molecular weight excluding hydrogens is 184 g/mol. The maximum atomic E-state index is 11.8. The molecule has 1 heterocycles. The molecule has 1 aliphatic heterocycles. The molecule has 3 heteroatoms. The number of allylic oxidation sites excluding steroid dienone is 2. The van der Waals surface area contributed by atoms with Crippen LogP contribution in [0.2, 0.25) is 0 Å². The summed E-state index contributed by atoms with van der Waals surface area (Å²) in [6.45, 7) is 4.54. The van der Waals surface area contributed by atoms with Crippen molar-refractivity contribution in [2.45, 2.75) is 31.4 Å². The zero-order valence-corrected chi connectivity index (χ0v) is 9.24. The van der Waals surface area contributed by atoms with Crippen molar-refractivity contribution >= 4 is 17.5 Å². The first-order valence-electron chi connectivity index (χ1n) is 4.51. The zero-order valence-electron chi connectivity index (χ0n) is 8.42. The number of ketones is 1. The number of carbonyl (C=O) groups excluding carboxylic acids is 1. The van der Waals surface area contributed by atoms with E-state index in [9.17, 15) is 4.79 Å². The van der Waals surface area contributed by atoms with E-state index in [2.05, 4.69) is 0 Å². The number of carbonyl (C=O) groups is 1. The molecule has 0 unspecified atom stereocenters. The van der Waals surface area contributed by atoms with Crippen molar-refractivity contribution in [1.82, 2.24) is 0 Å². The third-order valence-electron chi connectivity index (χ3n) is 2.22. The van der Waals surface area contributed by atoms with Gasteiger partial charge in [-0.25, -0.2) is 0 Å². The van der Waals surface area contributed by atoms with Crippen LogP contribution in [0.1, 0.15) is 26.7 Å². The molecule has 0 bridgehead atoms. The molecule has 0 aliphatic carbocycles. The molecular formula is C10H16O2S. The summed E-state index contributed by atoms with van der Waals surface area (Å²) in [6.07, 6.45) is 5.84. The quantitative estimate of drug-likeness (QED) is 0.699. The van der Waals surface area contributed by atoms with E-state index in [1.54, 1.807) is 11.8 Å². The highest BCUT2D eigenvalue weighted by Gasteiger charge is 2.30. The van der Waals surface area contributed by atoms with Crippen molar-refractivity contribution in [2.75, 3.05) is 12.9 Å². The zero-order chi connectivity index (χ0) is 9.90. The van der Waals surface area contributed by atoms with Gasteiger partial charge in [0.05, 0.1) is 11.4 Å². The van der Waals surface area contributed by atoms with Gasteiger partial charge in [0.2, 0.25) is 5.78 Å². The highest BCUT2D eigenvalue weighted by molar-refractivity contribution is 8.00. The van der Waals surface area contributed by atoms with E-state index < -0.39 is 0 Å². The third kappa shape index (κ3) is 2.50. The summed E-state index contributed by atoms with van der Waals surface area (Å²) in [5, 5.41) is 0. The fourth-order valence-electron chi connectivity index (χ4n) is 1.11. The van der Waals surface area contributed by atoms with E-state index in [4.69, 9.17) is 4.74 Å². The Hall–Kier alpha value is -0.440.